The molecule has 1 amide bonds. The molecule has 0 atom stereocenters. The Morgan fingerprint density at radius 2 is 1.68 bits per heavy atom. The molecule has 3 rings (SSSR count). The van der Waals surface area contributed by atoms with Crippen LogP contribution in [0.1, 0.15) is 47.8 Å². The van der Waals surface area contributed by atoms with Gasteiger partial charge in [-0.3, -0.25) is 4.79 Å². The number of aromatic nitrogens is 1. The van der Waals surface area contributed by atoms with E-state index in [-0.39, 0.29) is 11.7 Å². The molecule has 4 heteroatoms. The first kappa shape index (κ1) is 19.9. The fourth-order valence-electron chi connectivity index (χ4n) is 3.37. The number of hydrogen-bond donors (Lipinski definition) is 1. The molecule has 0 aliphatic rings. The molecule has 3 nitrogen and oxygen atoms in total. The minimum Gasteiger partial charge on any atom is -0.352 e. The highest BCUT2D eigenvalue weighted by Crippen LogP contribution is 2.30. The Kier molecular flexibility index (Phi) is 6.30. The summed E-state index contributed by atoms with van der Waals surface area (Å²) < 4.78 is 15.5. The van der Waals surface area contributed by atoms with E-state index in [1.165, 1.54) is 17.7 Å². The average Bonchev–Trinajstić information content (AvgIpc) is 3.04. The molecule has 1 aromatic heterocycles. The monoisotopic (exact) mass is 378 g/mol. The van der Waals surface area contributed by atoms with E-state index < -0.39 is 0 Å². The maximum absolute atomic E-state index is 13.4. The van der Waals surface area contributed by atoms with E-state index in [9.17, 15) is 9.18 Å². The van der Waals surface area contributed by atoms with Gasteiger partial charge in [-0.2, -0.15) is 0 Å². The molecule has 0 fully saturated rings. The van der Waals surface area contributed by atoms with Crippen LogP contribution in [0.5, 0.6) is 0 Å². The molecule has 0 aliphatic heterocycles. The number of halogens is 1. The maximum atomic E-state index is 13.4. The zero-order valence-corrected chi connectivity index (χ0v) is 16.8. The Hall–Kier alpha value is -2.88. The largest absolute Gasteiger partial charge is 0.352 e. The van der Waals surface area contributed by atoms with Crippen LogP contribution >= 0.6 is 0 Å². The molecule has 0 unspecified atom stereocenters. The van der Waals surface area contributed by atoms with Gasteiger partial charge < -0.3 is 9.88 Å². The first-order valence-corrected chi connectivity index (χ1v) is 9.84. The minimum absolute atomic E-state index is 0.0668. The summed E-state index contributed by atoms with van der Waals surface area (Å²) in [6, 6.07) is 16.5. The van der Waals surface area contributed by atoms with Crippen LogP contribution in [0.15, 0.2) is 54.6 Å². The second-order valence-electron chi connectivity index (χ2n) is 7.17. The van der Waals surface area contributed by atoms with Gasteiger partial charge in [0, 0.05) is 17.9 Å². The van der Waals surface area contributed by atoms with Crippen LogP contribution in [-0.2, 0) is 0 Å². The van der Waals surface area contributed by atoms with Gasteiger partial charge in [0.05, 0.1) is 11.3 Å². The molecule has 1 N–H and O–H groups in total. The molecule has 2 aromatic carbocycles. The highest BCUT2D eigenvalue weighted by molar-refractivity contribution is 5.97. The van der Waals surface area contributed by atoms with Crippen molar-refractivity contribution in [2.75, 3.05) is 6.54 Å². The van der Waals surface area contributed by atoms with Gasteiger partial charge in [-0.25, -0.2) is 4.39 Å². The van der Waals surface area contributed by atoms with Gasteiger partial charge in [-0.05, 0) is 68.3 Å². The molecule has 146 valence electrons. The lowest BCUT2D eigenvalue weighted by Gasteiger charge is -2.13. The van der Waals surface area contributed by atoms with Crippen molar-refractivity contribution in [2.45, 2.75) is 40.0 Å². The molecular weight excluding hydrogens is 351 g/mol. The van der Waals surface area contributed by atoms with E-state index in [0.717, 1.165) is 41.9 Å². The first-order chi connectivity index (χ1) is 13.5. The van der Waals surface area contributed by atoms with Crippen molar-refractivity contribution < 1.29 is 9.18 Å². The van der Waals surface area contributed by atoms with Gasteiger partial charge in [-0.1, -0.05) is 37.5 Å². The quantitative estimate of drug-likeness (QED) is 0.516. The van der Waals surface area contributed by atoms with Gasteiger partial charge in [0.15, 0.2) is 0 Å². The maximum Gasteiger partial charge on any atom is 0.253 e. The third-order valence-corrected chi connectivity index (χ3v) is 4.99. The van der Waals surface area contributed by atoms with Crippen molar-refractivity contribution in [3.63, 3.8) is 0 Å². The van der Waals surface area contributed by atoms with Crippen molar-refractivity contribution in [3.05, 3.63) is 77.2 Å². The predicted molar refractivity (Wildman–Crippen MR) is 112 cm³/mol. The number of carbonyl (C=O) groups is 1. The summed E-state index contributed by atoms with van der Waals surface area (Å²) >= 11 is 0. The summed E-state index contributed by atoms with van der Waals surface area (Å²) in [6.45, 7) is 6.81. The van der Waals surface area contributed by atoms with E-state index in [1.54, 1.807) is 12.1 Å². The molecule has 1 heterocycles. The normalized spacial score (nSPS) is 10.9. The van der Waals surface area contributed by atoms with Crippen molar-refractivity contribution in [2.24, 2.45) is 0 Å². The molecule has 0 bridgehead atoms. The van der Waals surface area contributed by atoms with Gasteiger partial charge in [0.25, 0.3) is 5.91 Å². The molecule has 0 aliphatic carbocycles. The van der Waals surface area contributed by atoms with Crippen molar-refractivity contribution in [3.8, 4) is 16.9 Å². The van der Waals surface area contributed by atoms with Crippen molar-refractivity contribution >= 4 is 5.91 Å². The fourth-order valence-corrected chi connectivity index (χ4v) is 3.37. The highest BCUT2D eigenvalue weighted by Gasteiger charge is 2.19. The van der Waals surface area contributed by atoms with Crippen LogP contribution in [0.3, 0.4) is 0 Å². The highest BCUT2D eigenvalue weighted by atomic mass is 19.1. The van der Waals surface area contributed by atoms with E-state index >= 15 is 0 Å². The van der Waals surface area contributed by atoms with E-state index in [4.69, 9.17) is 0 Å². The van der Waals surface area contributed by atoms with Crippen LogP contribution in [0, 0.1) is 19.7 Å². The minimum atomic E-state index is -0.275. The van der Waals surface area contributed by atoms with E-state index in [2.05, 4.69) is 16.8 Å². The van der Waals surface area contributed by atoms with Crippen LogP contribution in [-0.4, -0.2) is 17.0 Å². The molecule has 0 saturated carbocycles. The molecule has 0 spiro atoms. The summed E-state index contributed by atoms with van der Waals surface area (Å²) in [5, 5.41) is 3.02. The van der Waals surface area contributed by atoms with Crippen molar-refractivity contribution in [1.82, 2.24) is 9.88 Å². The Morgan fingerprint density at radius 3 is 2.32 bits per heavy atom. The zero-order valence-electron chi connectivity index (χ0n) is 16.8. The van der Waals surface area contributed by atoms with Gasteiger partial charge >= 0.3 is 0 Å². The summed E-state index contributed by atoms with van der Waals surface area (Å²) in [5.74, 6) is -0.342. The van der Waals surface area contributed by atoms with Gasteiger partial charge in [-0.15, -0.1) is 0 Å². The first-order valence-electron chi connectivity index (χ1n) is 9.84. The van der Waals surface area contributed by atoms with Crippen molar-refractivity contribution in [1.29, 1.82) is 0 Å². The van der Waals surface area contributed by atoms with E-state index in [0.29, 0.717) is 12.1 Å². The molecule has 28 heavy (non-hydrogen) atoms. The third-order valence-electron chi connectivity index (χ3n) is 4.99. The number of nitrogens with zero attached hydrogens (tertiary/aromatic N) is 1. The molecule has 0 radical (unpaired) electrons. The van der Waals surface area contributed by atoms with Crippen LogP contribution in [0.25, 0.3) is 16.9 Å². The number of aryl methyl sites for hydroxylation is 1. The SMILES string of the molecule is CCCCCNC(=O)c1cc(-c2ccc(F)cc2)n(-c2ccc(C)cc2)c1C. The second kappa shape index (κ2) is 8.87. The van der Waals surface area contributed by atoms with Crippen LogP contribution in [0.2, 0.25) is 0 Å². The Labute approximate surface area is 166 Å². The molecule has 0 saturated heterocycles. The fraction of sp³-hybridized carbons (Fsp3) is 0.292. The summed E-state index contributed by atoms with van der Waals surface area (Å²) in [7, 11) is 0. The summed E-state index contributed by atoms with van der Waals surface area (Å²) in [5.41, 5.74) is 5.42. The number of hydrogen-bond acceptors (Lipinski definition) is 1. The van der Waals surface area contributed by atoms with Crippen LogP contribution < -0.4 is 5.32 Å². The third kappa shape index (κ3) is 4.33. The van der Waals surface area contributed by atoms with Gasteiger partial charge in [0.2, 0.25) is 0 Å². The Bertz CT molecular complexity index is 940. The number of unbranched alkanes of at least 4 members (excludes halogenated alkanes) is 2. The predicted octanol–water partition coefficient (Wildman–Crippen LogP) is 5.82. The Morgan fingerprint density at radius 1 is 1.00 bits per heavy atom. The molecular formula is C24H27FN2O. The number of carbonyl (C=O) groups excluding carboxylic acids is 1. The molecule has 3 aromatic rings. The second-order valence-corrected chi connectivity index (χ2v) is 7.17. The lowest BCUT2D eigenvalue weighted by Crippen LogP contribution is -2.24. The van der Waals surface area contributed by atoms with Crippen LogP contribution in [0.4, 0.5) is 4.39 Å². The zero-order chi connectivity index (χ0) is 20.1. The number of rotatable bonds is 7. The number of amides is 1. The standard InChI is InChI=1S/C24H27FN2O/c1-4-5-6-15-26-24(28)22-16-23(19-9-11-20(25)12-10-19)27(18(22)3)21-13-7-17(2)8-14-21/h7-14,16H,4-6,15H2,1-3H3,(H,26,28). The average molecular weight is 378 g/mol. The Balaban J connectivity index is 2.03. The van der Waals surface area contributed by atoms with Gasteiger partial charge in [0.1, 0.15) is 5.82 Å². The lowest BCUT2D eigenvalue weighted by atomic mass is 10.1. The van der Waals surface area contributed by atoms with E-state index in [1.807, 2.05) is 44.2 Å². The number of nitrogens with one attached hydrogen (secondary N) is 1. The smallest absolute Gasteiger partial charge is 0.253 e. The number of benzene rings is 2. The summed E-state index contributed by atoms with van der Waals surface area (Å²) in [6.07, 6.45) is 3.20. The topological polar surface area (TPSA) is 34.0 Å². The lowest BCUT2D eigenvalue weighted by molar-refractivity contribution is 0.0952. The summed E-state index contributed by atoms with van der Waals surface area (Å²) in [4.78, 5) is 12.8.